The Morgan fingerprint density at radius 2 is 2.22 bits per heavy atom. The molecular formula is C13H26N2O3. The average molecular weight is 258 g/mol. The standard InChI is InChI=1S/C13H26N2O3/c1-13(2,10-16)6-4-7-14-12(18)15-8-3-5-11(17)9-15/h11,16-17H,3-10H2,1-2H3,(H,14,18). The summed E-state index contributed by atoms with van der Waals surface area (Å²) in [5.41, 5.74) is -0.0773. The Balaban J connectivity index is 2.17. The first kappa shape index (κ1) is 15.2. The Hall–Kier alpha value is -0.810. The molecule has 1 aliphatic rings. The predicted octanol–water partition coefficient (Wildman–Crippen LogP) is 0.951. The Kier molecular flexibility index (Phi) is 5.88. The maximum absolute atomic E-state index is 11.8. The molecule has 1 aliphatic heterocycles. The quantitative estimate of drug-likeness (QED) is 0.643. The van der Waals surface area contributed by atoms with E-state index >= 15 is 0 Å². The molecule has 0 bridgehead atoms. The van der Waals surface area contributed by atoms with E-state index in [1.807, 2.05) is 13.8 Å². The normalized spacial score (nSPS) is 20.9. The monoisotopic (exact) mass is 258 g/mol. The highest BCUT2D eigenvalue weighted by atomic mass is 16.3. The van der Waals surface area contributed by atoms with E-state index in [-0.39, 0.29) is 24.2 Å². The van der Waals surface area contributed by atoms with Crippen LogP contribution in [0.5, 0.6) is 0 Å². The minimum absolute atomic E-state index is 0.0773. The van der Waals surface area contributed by atoms with Crippen LogP contribution in [-0.4, -0.2) is 53.5 Å². The zero-order chi connectivity index (χ0) is 13.6. The Labute approximate surface area is 109 Å². The van der Waals surface area contributed by atoms with Gasteiger partial charge in [0.1, 0.15) is 0 Å². The number of carbonyl (C=O) groups is 1. The van der Waals surface area contributed by atoms with Gasteiger partial charge in [-0.05, 0) is 31.1 Å². The van der Waals surface area contributed by atoms with Gasteiger partial charge in [-0.2, -0.15) is 0 Å². The van der Waals surface area contributed by atoms with Crippen LogP contribution in [0.3, 0.4) is 0 Å². The molecule has 1 unspecified atom stereocenters. The third-order valence-electron chi connectivity index (χ3n) is 3.42. The van der Waals surface area contributed by atoms with Crippen LogP contribution in [-0.2, 0) is 0 Å². The van der Waals surface area contributed by atoms with Gasteiger partial charge in [-0.25, -0.2) is 4.79 Å². The Morgan fingerprint density at radius 3 is 2.83 bits per heavy atom. The number of nitrogens with zero attached hydrogens (tertiary/aromatic N) is 1. The number of likely N-dealkylation sites (tertiary alicyclic amines) is 1. The molecule has 1 saturated heterocycles. The fourth-order valence-electron chi connectivity index (χ4n) is 2.09. The van der Waals surface area contributed by atoms with E-state index in [0.29, 0.717) is 13.1 Å². The van der Waals surface area contributed by atoms with Gasteiger partial charge in [-0.1, -0.05) is 13.8 Å². The van der Waals surface area contributed by atoms with Crippen LogP contribution < -0.4 is 5.32 Å². The molecule has 106 valence electrons. The number of aliphatic hydroxyl groups is 2. The summed E-state index contributed by atoms with van der Waals surface area (Å²) in [6.07, 6.45) is 3.01. The lowest BCUT2D eigenvalue weighted by molar-refractivity contribution is 0.0841. The lowest BCUT2D eigenvalue weighted by Gasteiger charge is -2.30. The molecule has 0 radical (unpaired) electrons. The van der Waals surface area contributed by atoms with Crippen molar-refractivity contribution in [2.45, 2.75) is 45.6 Å². The van der Waals surface area contributed by atoms with E-state index in [9.17, 15) is 9.90 Å². The van der Waals surface area contributed by atoms with Crippen molar-refractivity contribution in [2.75, 3.05) is 26.2 Å². The molecule has 0 aromatic rings. The van der Waals surface area contributed by atoms with Crippen molar-refractivity contribution in [1.29, 1.82) is 0 Å². The molecule has 1 fully saturated rings. The smallest absolute Gasteiger partial charge is 0.317 e. The van der Waals surface area contributed by atoms with Crippen LogP contribution >= 0.6 is 0 Å². The van der Waals surface area contributed by atoms with Crippen LogP contribution in [0.15, 0.2) is 0 Å². The van der Waals surface area contributed by atoms with Crippen molar-refractivity contribution < 1.29 is 15.0 Å². The molecule has 1 atom stereocenters. The lowest BCUT2D eigenvalue weighted by atomic mass is 9.89. The summed E-state index contributed by atoms with van der Waals surface area (Å²) >= 11 is 0. The minimum Gasteiger partial charge on any atom is -0.396 e. The molecule has 0 aliphatic carbocycles. The van der Waals surface area contributed by atoms with Crippen molar-refractivity contribution in [3.63, 3.8) is 0 Å². The summed E-state index contributed by atoms with van der Waals surface area (Å²) in [6, 6.07) is -0.0874. The highest BCUT2D eigenvalue weighted by Crippen LogP contribution is 2.20. The fourth-order valence-corrected chi connectivity index (χ4v) is 2.09. The van der Waals surface area contributed by atoms with Crippen LogP contribution in [0.4, 0.5) is 4.79 Å². The highest BCUT2D eigenvalue weighted by Gasteiger charge is 2.22. The first-order chi connectivity index (χ1) is 8.44. The second-order valence-electron chi connectivity index (χ2n) is 5.90. The van der Waals surface area contributed by atoms with E-state index in [2.05, 4.69) is 5.32 Å². The van der Waals surface area contributed by atoms with E-state index < -0.39 is 0 Å². The summed E-state index contributed by atoms with van der Waals surface area (Å²) in [5, 5.41) is 21.5. The molecule has 5 nitrogen and oxygen atoms in total. The summed E-state index contributed by atoms with van der Waals surface area (Å²) in [7, 11) is 0. The van der Waals surface area contributed by atoms with Crippen LogP contribution in [0.1, 0.15) is 39.5 Å². The number of urea groups is 1. The Morgan fingerprint density at radius 1 is 1.50 bits per heavy atom. The average Bonchev–Trinajstić information content (AvgIpc) is 2.34. The summed E-state index contributed by atoms with van der Waals surface area (Å²) in [4.78, 5) is 13.5. The van der Waals surface area contributed by atoms with Crippen LogP contribution in [0.2, 0.25) is 0 Å². The molecule has 0 saturated carbocycles. The number of rotatable bonds is 5. The van der Waals surface area contributed by atoms with Crippen molar-refractivity contribution in [3.05, 3.63) is 0 Å². The third-order valence-corrected chi connectivity index (χ3v) is 3.42. The number of hydrogen-bond acceptors (Lipinski definition) is 3. The van der Waals surface area contributed by atoms with Gasteiger partial charge in [-0.15, -0.1) is 0 Å². The van der Waals surface area contributed by atoms with Gasteiger partial charge in [0.25, 0.3) is 0 Å². The first-order valence-electron chi connectivity index (χ1n) is 6.76. The second kappa shape index (κ2) is 6.95. The largest absolute Gasteiger partial charge is 0.396 e. The number of β-amino-alcohol motifs (C(OH)–C–C–N with tert-alkyl or cyclic N) is 1. The summed E-state index contributed by atoms with van der Waals surface area (Å²) in [6.45, 7) is 5.97. The molecule has 0 aromatic heterocycles. The number of nitrogens with one attached hydrogen (secondary N) is 1. The minimum atomic E-state index is -0.377. The van der Waals surface area contributed by atoms with Gasteiger partial charge in [0.05, 0.1) is 6.10 Å². The molecule has 1 rings (SSSR count). The van der Waals surface area contributed by atoms with Gasteiger partial charge in [0.2, 0.25) is 0 Å². The van der Waals surface area contributed by atoms with Crippen molar-refractivity contribution in [2.24, 2.45) is 5.41 Å². The molecule has 3 N–H and O–H groups in total. The molecular weight excluding hydrogens is 232 g/mol. The number of carbonyl (C=O) groups excluding carboxylic acids is 1. The number of aliphatic hydroxyl groups excluding tert-OH is 2. The predicted molar refractivity (Wildman–Crippen MR) is 70.3 cm³/mol. The molecule has 2 amide bonds. The zero-order valence-corrected chi connectivity index (χ0v) is 11.5. The van der Waals surface area contributed by atoms with E-state index in [1.54, 1.807) is 4.90 Å². The van der Waals surface area contributed by atoms with Gasteiger partial charge >= 0.3 is 6.03 Å². The van der Waals surface area contributed by atoms with Gasteiger partial charge in [-0.3, -0.25) is 0 Å². The summed E-state index contributed by atoms with van der Waals surface area (Å²) < 4.78 is 0. The third kappa shape index (κ3) is 5.23. The van der Waals surface area contributed by atoms with Gasteiger partial charge < -0.3 is 20.4 Å². The topological polar surface area (TPSA) is 72.8 Å². The molecule has 1 heterocycles. The molecule has 18 heavy (non-hydrogen) atoms. The van der Waals surface area contributed by atoms with E-state index in [1.165, 1.54) is 0 Å². The van der Waals surface area contributed by atoms with Gasteiger partial charge in [0.15, 0.2) is 0 Å². The van der Waals surface area contributed by atoms with Crippen molar-refractivity contribution in [1.82, 2.24) is 10.2 Å². The number of piperidine rings is 1. The van der Waals surface area contributed by atoms with Crippen LogP contribution in [0, 0.1) is 5.41 Å². The Bertz CT molecular complexity index is 269. The van der Waals surface area contributed by atoms with Crippen molar-refractivity contribution >= 4 is 6.03 Å². The van der Waals surface area contributed by atoms with Crippen molar-refractivity contribution in [3.8, 4) is 0 Å². The van der Waals surface area contributed by atoms with E-state index in [4.69, 9.17) is 5.11 Å². The second-order valence-corrected chi connectivity index (χ2v) is 5.90. The van der Waals surface area contributed by atoms with E-state index in [0.717, 1.165) is 32.2 Å². The highest BCUT2D eigenvalue weighted by molar-refractivity contribution is 5.74. The van der Waals surface area contributed by atoms with Gasteiger partial charge in [0, 0.05) is 26.2 Å². The fraction of sp³-hybridized carbons (Fsp3) is 0.923. The number of amides is 2. The maximum atomic E-state index is 11.8. The van der Waals surface area contributed by atoms with Crippen LogP contribution in [0.25, 0.3) is 0 Å². The lowest BCUT2D eigenvalue weighted by Crippen LogP contribution is -2.47. The molecule has 0 spiro atoms. The first-order valence-corrected chi connectivity index (χ1v) is 6.76. The number of hydrogen-bond donors (Lipinski definition) is 3. The SMILES string of the molecule is CC(C)(CO)CCCNC(=O)N1CCCC(O)C1. The maximum Gasteiger partial charge on any atom is 0.317 e. The zero-order valence-electron chi connectivity index (χ0n) is 11.5. The summed E-state index contributed by atoms with van der Waals surface area (Å²) in [5.74, 6) is 0. The molecule has 5 heteroatoms. The molecule has 0 aromatic carbocycles.